The van der Waals surface area contributed by atoms with Gasteiger partial charge in [0.2, 0.25) is 0 Å². The number of hydrogen-bond acceptors (Lipinski definition) is 4. The summed E-state index contributed by atoms with van der Waals surface area (Å²) in [6, 6.07) is 12.4. The number of nitrogens with one attached hydrogen (secondary N) is 1. The van der Waals surface area contributed by atoms with Crippen molar-refractivity contribution in [2.45, 2.75) is 77.2 Å². The Labute approximate surface area is 222 Å². The van der Waals surface area contributed by atoms with Gasteiger partial charge in [-0.15, -0.1) is 0 Å². The first-order chi connectivity index (χ1) is 17.9. The maximum atomic E-state index is 14.7. The van der Waals surface area contributed by atoms with E-state index in [1.807, 2.05) is 56.5 Å². The molecule has 1 aromatic heterocycles. The second kappa shape index (κ2) is 9.86. The molecule has 0 atom stereocenters. The van der Waals surface area contributed by atoms with Gasteiger partial charge in [0.1, 0.15) is 5.82 Å². The number of rotatable bonds is 6. The largest absolute Gasteiger partial charge is 0.494 e. The molecule has 0 unspecified atom stereocenters. The molecule has 1 saturated heterocycles. The van der Waals surface area contributed by atoms with Crippen molar-refractivity contribution in [2.24, 2.45) is 5.92 Å². The molecular weight excluding hydrogens is 486 g/mol. The predicted octanol–water partition coefficient (Wildman–Crippen LogP) is 4.50. The summed E-state index contributed by atoms with van der Waals surface area (Å²) in [7, 11) is -0.448. The first kappa shape index (κ1) is 26.4. The maximum Gasteiger partial charge on any atom is 0.494 e. The summed E-state index contributed by atoms with van der Waals surface area (Å²) in [5.41, 5.74) is 2.02. The van der Waals surface area contributed by atoms with Gasteiger partial charge in [-0.05, 0) is 82.6 Å². The third-order valence-electron chi connectivity index (χ3n) is 8.39. The van der Waals surface area contributed by atoms with E-state index < -0.39 is 24.3 Å². The highest BCUT2D eigenvalue weighted by molar-refractivity contribution is 6.62. The second-order valence-corrected chi connectivity index (χ2v) is 11.5. The predicted molar refractivity (Wildman–Crippen MR) is 144 cm³/mol. The van der Waals surface area contributed by atoms with Crippen molar-refractivity contribution >= 4 is 35.4 Å². The number of fused-ring (bicyclic) bond motifs is 1. The molecule has 200 valence electrons. The molecular formula is C29H34BFN2O5. The lowest BCUT2D eigenvalue weighted by Gasteiger charge is -2.32. The van der Waals surface area contributed by atoms with Crippen molar-refractivity contribution in [3.05, 3.63) is 65.6 Å². The Morgan fingerprint density at radius 3 is 2.24 bits per heavy atom. The highest BCUT2D eigenvalue weighted by Gasteiger charge is 2.51. The SMILES string of the molecule is CC1(C)OB(c2ccc(Cn3ccc4c(F)ccc(C(=O)NC5CCC(C(=O)O)CC5)c43)cc2)OC1(C)C. The summed E-state index contributed by atoms with van der Waals surface area (Å²) in [5, 5.41) is 12.7. The fourth-order valence-corrected chi connectivity index (χ4v) is 5.31. The van der Waals surface area contributed by atoms with E-state index >= 15 is 0 Å². The lowest BCUT2D eigenvalue weighted by Crippen LogP contribution is -2.41. The van der Waals surface area contributed by atoms with Crippen LogP contribution in [0.2, 0.25) is 0 Å². The van der Waals surface area contributed by atoms with Crippen LogP contribution >= 0.6 is 0 Å². The van der Waals surface area contributed by atoms with Crippen molar-refractivity contribution in [1.82, 2.24) is 9.88 Å². The van der Waals surface area contributed by atoms with Gasteiger partial charge in [0, 0.05) is 24.2 Å². The van der Waals surface area contributed by atoms with Crippen LogP contribution < -0.4 is 10.8 Å². The number of carbonyl (C=O) groups is 2. The van der Waals surface area contributed by atoms with Gasteiger partial charge < -0.3 is 24.3 Å². The Balaban J connectivity index is 1.34. The van der Waals surface area contributed by atoms with Gasteiger partial charge in [0.25, 0.3) is 5.91 Å². The molecule has 7 nitrogen and oxygen atoms in total. The standard InChI is InChI=1S/C29H34BFN2O5/c1-28(2)29(3,4)38-30(37-28)20-9-5-18(6-10-20)17-33-16-15-22-24(31)14-13-23(25(22)33)26(34)32-21-11-7-19(8-12-21)27(35)36/h5-6,9-10,13-16,19,21H,7-8,11-12,17H2,1-4H3,(H,32,34)(H,35,36). The molecule has 1 aliphatic carbocycles. The molecule has 38 heavy (non-hydrogen) atoms. The van der Waals surface area contributed by atoms with Gasteiger partial charge in [-0.3, -0.25) is 9.59 Å². The summed E-state index contributed by atoms with van der Waals surface area (Å²) < 4.78 is 28.9. The molecule has 2 heterocycles. The molecule has 1 amide bonds. The summed E-state index contributed by atoms with van der Waals surface area (Å²) in [6.07, 6.45) is 4.10. The smallest absolute Gasteiger partial charge is 0.481 e. The van der Waals surface area contributed by atoms with Gasteiger partial charge >= 0.3 is 13.1 Å². The first-order valence-corrected chi connectivity index (χ1v) is 13.2. The quantitative estimate of drug-likeness (QED) is 0.468. The average molecular weight is 520 g/mol. The Bertz CT molecular complexity index is 1340. The Kier molecular flexibility index (Phi) is 6.86. The zero-order chi connectivity index (χ0) is 27.2. The van der Waals surface area contributed by atoms with Crippen LogP contribution in [0.4, 0.5) is 4.39 Å². The normalized spacial score (nSPS) is 22.5. The minimum absolute atomic E-state index is 0.0934. The monoisotopic (exact) mass is 520 g/mol. The zero-order valence-corrected chi connectivity index (χ0v) is 22.3. The molecule has 0 radical (unpaired) electrons. The number of amides is 1. The molecule has 2 fully saturated rings. The first-order valence-electron chi connectivity index (χ1n) is 13.2. The number of aliphatic carboxylic acids is 1. The van der Waals surface area contributed by atoms with Crippen molar-refractivity contribution in [3.63, 3.8) is 0 Å². The number of benzene rings is 2. The minimum atomic E-state index is -0.781. The third-order valence-corrected chi connectivity index (χ3v) is 8.39. The molecule has 0 spiro atoms. The maximum absolute atomic E-state index is 14.7. The number of carboxylic acids is 1. The molecule has 9 heteroatoms. The number of halogens is 1. The van der Waals surface area contributed by atoms with Gasteiger partial charge in [0.05, 0.1) is 28.2 Å². The van der Waals surface area contributed by atoms with Crippen LogP contribution in [0.3, 0.4) is 0 Å². The molecule has 2 aromatic carbocycles. The fourth-order valence-electron chi connectivity index (χ4n) is 5.31. The second-order valence-electron chi connectivity index (χ2n) is 11.5. The Morgan fingerprint density at radius 2 is 1.63 bits per heavy atom. The van der Waals surface area contributed by atoms with E-state index in [4.69, 9.17) is 9.31 Å². The minimum Gasteiger partial charge on any atom is -0.481 e. The van der Waals surface area contributed by atoms with Crippen LogP contribution in [0.15, 0.2) is 48.7 Å². The summed E-state index contributed by atoms with van der Waals surface area (Å²) in [5.74, 6) is -1.79. The summed E-state index contributed by atoms with van der Waals surface area (Å²) in [4.78, 5) is 24.5. The third kappa shape index (κ3) is 4.97. The number of carbonyl (C=O) groups excluding carboxylic acids is 1. The van der Waals surface area contributed by atoms with Crippen molar-refractivity contribution in [1.29, 1.82) is 0 Å². The molecule has 2 N–H and O–H groups in total. The van der Waals surface area contributed by atoms with Gasteiger partial charge in [-0.25, -0.2) is 4.39 Å². The van der Waals surface area contributed by atoms with Gasteiger partial charge in [-0.2, -0.15) is 0 Å². The lowest BCUT2D eigenvalue weighted by atomic mass is 9.79. The van der Waals surface area contributed by atoms with Crippen molar-refractivity contribution < 1.29 is 28.4 Å². The van der Waals surface area contributed by atoms with Crippen LogP contribution in [0.5, 0.6) is 0 Å². The topological polar surface area (TPSA) is 89.8 Å². The van der Waals surface area contributed by atoms with E-state index in [1.54, 1.807) is 12.3 Å². The highest BCUT2D eigenvalue weighted by atomic mass is 19.1. The van der Waals surface area contributed by atoms with Crippen molar-refractivity contribution in [3.8, 4) is 0 Å². The van der Waals surface area contributed by atoms with Gasteiger partial charge in [0.15, 0.2) is 0 Å². The van der Waals surface area contributed by atoms with Crippen LogP contribution in [0, 0.1) is 11.7 Å². The average Bonchev–Trinajstić information content (AvgIpc) is 3.38. The molecule has 2 aliphatic rings. The van der Waals surface area contributed by atoms with E-state index in [9.17, 15) is 19.1 Å². The fraction of sp³-hybridized carbons (Fsp3) is 0.448. The van der Waals surface area contributed by atoms with E-state index in [0.717, 1.165) is 11.0 Å². The highest BCUT2D eigenvalue weighted by Crippen LogP contribution is 2.36. The molecule has 1 aliphatic heterocycles. The van der Waals surface area contributed by atoms with E-state index in [-0.39, 0.29) is 23.7 Å². The number of carboxylic acid groups (broad SMARTS) is 1. The number of hydrogen-bond donors (Lipinski definition) is 2. The van der Waals surface area contributed by atoms with Crippen LogP contribution in [0.1, 0.15) is 69.3 Å². The zero-order valence-electron chi connectivity index (χ0n) is 22.3. The van der Waals surface area contributed by atoms with E-state index in [0.29, 0.717) is 48.7 Å². The van der Waals surface area contributed by atoms with Crippen LogP contribution in [0.25, 0.3) is 10.9 Å². The van der Waals surface area contributed by atoms with E-state index in [2.05, 4.69) is 5.32 Å². The Morgan fingerprint density at radius 1 is 1.00 bits per heavy atom. The molecule has 0 bridgehead atoms. The van der Waals surface area contributed by atoms with Crippen molar-refractivity contribution in [2.75, 3.05) is 0 Å². The van der Waals surface area contributed by atoms with Crippen LogP contribution in [-0.4, -0.2) is 45.9 Å². The number of nitrogens with zero attached hydrogens (tertiary/aromatic N) is 1. The lowest BCUT2D eigenvalue weighted by molar-refractivity contribution is -0.142. The number of aromatic nitrogens is 1. The Hall–Kier alpha value is -3.17. The van der Waals surface area contributed by atoms with Crippen LogP contribution in [-0.2, 0) is 20.6 Å². The molecule has 1 saturated carbocycles. The molecule has 5 rings (SSSR count). The molecule has 3 aromatic rings. The van der Waals surface area contributed by atoms with Gasteiger partial charge in [-0.1, -0.05) is 24.3 Å². The summed E-state index contributed by atoms with van der Waals surface area (Å²) in [6.45, 7) is 8.54. The van der Waals surface area contributed by atoms with E-state index in [1.165, 1.54) is 12.1 Å². The summed E-state index contributed by atoms with van der Waals surface area (Å²) >= 11 is 0.